The Balaban J connectivity index is 1.32. The van der Waals surface area contributed by atoms with Crippen LogP contribution in [0.25, 0.3) is 22.4 Å². The van der Waals surface area contributed by atoms with E-state index in [4.69, 9.17) is 9.72 Å². The van der Waals surface area contributed by atoms with Gasteiger partial charge in [0.1, 0.15) is 0 Å². The molecular weight excluding hydrogens is 820 g/mol. The number of hydrogen-bond acceptors (Lipinski definition) is 3. The van der Waals surface area contributed by atoms with E-state index in [1.54, 1.807) is 0 Å². The summed E-state index contributed by atoms with van der Waals surface area (Å²) < 4.78 is 12.4. The Morgan fingerprint density at radius 1 is 0.692 bits per heavy atom. The molecule has 0 radical (unpaired) electrons. The first-order chi connectivity index (χ1) is 24.5. The average Bonchev–Trinajstić information content (AvgIpc) is 3.38. The Bertz CT molecular complexity index is 2330. The fourth-order valence-corrected chi connectivity index (χ4v) is 8.11. The Morgan fingerprint density at radius 2 is 1.35 bits per heavy atom. The first-order valence-corrected chi connectivity index (χ1v) is 19.5. The van der Waals surface area contributed by atoms with E-state index < -0.39 is 0 Å². The van der Waals surface area contributed by atoms with Crippen molar-refractivity contribution in [3.8, 4) is 22.9 Å². The van der Waals surface area contributed by atoms with E-state index >= 15 is 0 Å². The van der Waals surface area contributed by atoms with Gasteiger partial charge in [-0.15, -0.1) is 0 Å². The molecule has 1 aliphatic heterocycles. The van der Waals surface area contributed by atoms with Gasteiger partial charge in [0, 0.05) is 6.20 Å². The van der Waals surface area contributed by atoms with Crippen molar-refractivity contribution in [2.75, 3.05) is 4.90 Å². The minimum atomic E-state index is -0.120. The maximum atomic E-state index is 6.75. The van der Waals surface area contributed by atoms with Gasteiger partial charge in [0.2, 0.25) is 0 Å². The zero-order chi connectivity index (χ0) is 37.2. The van der Waals surface area contributed by atoms with E-state index in [0.717, 1.165) is 50.6 Å². The molecule has 2 aromatic heterocycles. The second-order valence-electron chi connectivity index (χ2n) is 17.3. The molecule has 0 amide bonds. The Labute approximate surface area is 320 Å². The Hall–Kier alpha value is -4.21. The van der Waals surface area contributed by atoms with Gasteiger partial charge in [0.15, 0.2) is 0 Å². The van der Waals surface area contributed by atoms with Crippen LogP contribution in [-0.2, 0) is 42.0 Å². The van der Waals surface area contributed by atoms with Crippen molar-refractivity contribution < 1.29 is 24.1 Å². The Kier molecular flexibility index (Phi) is 9.27. The molecule has 6 heteroatoms. The summed E-state index contributed by atoms with van der Waals surface area (Å²) in [7, 11) is 0. The Morgan fingerprint density at radius 3 is 2.00 bits per heavy atom. The molecule has 7 rings (SSSR count). The SMILES string of the molecule is CC1CCc2ccc(Oc3[c-]c(-n4[c](=[Pt])n(-c5ccc(C(C)(C)C)cc5)c5ccccc54)cc(C(C)(C)C)c3)[c-]c2N1c1cc(C(C)(C)C)ccn1. The van der Waals surface area contributed by atoms with Gasteiger partial charge < -0.3 is 0 Å². The van der Waals surface area contributed by atoms with E-state index in [1.165, 1.54) is 22.3 Å². The fraction of sp³-hybridized carbons (Fsp3) is 0.348. The van der Waals surface area contributed by atoms with Gasteiger partial charge in [-0.3, -0.25) is 0 Å². The summed E-state index contributed by atoms with van der Waals surface area (Å²) in [5.74, 6) is 2.28. The van der Waals surface area contributed by atoms with Crippen molar-refractivity contribution in [2.24, 2.45) is 0 Å². The van der Waals surface area contributed by atoms with Gasteiger partial charge in [0.25, 0.3) is 0 Å². The maximum absolute atomic E-state index is 6.75. The zero-order valence-corrected chi connectivity index (χ0v) is 34.4. The molecule has 0 aliphatic carbocycles. The second-order valence-corrected chi connectivity index (χ2v) is 18.3. The van der Waals surface area contributed by atoms with Crippen molar-refractivity contribution >= 4 is 22.5 Å². The number of hydrogen-bond donors (Lipinski definition) is 0. The summed E-state index contributed by atoms with van der Waals surface area (Å²) in [6.07, 6.45) is 3.98. The predicted molar refractivity (Wildman–Crippen MR) is 210 cm³/mol. The topological polar surface area (TPSA) is 35.2 Å². The summed E-state index contributed by atoms with van der Waals surface area (Å²) >= 11 is 2.46. The quantitative estimate of drug-likeness (QED) is 0.162. The second kappa shape index (κ2) is 13.3. The minimum absolute atomic E-state index is 0.0267. The molecule has 5 nitrogen and oxygen atoms in total. The molecule has 0 bridgehead atoms. The number of rotatable bonds is 5. The molecule has 0 spiro atoms. The molecule has 1 atom stereocenters. The summed E-state index contributed by atoms with van der Waals surface area (Å²) in [5, 5.41) is 0. The number of pyridine rings is 1. The number of aryl methyl sites for hydroxylation is 1. The van der Waals surface area contributed by atoms with Crippen LogP contribution < -0.4 is 9.64 Å². The first kappa shape index (κ1) is 36.2. The van der Waals surface area contributed by atoms with E-state index in [0.29, 0.717) is 11.5 Å². The van der Waals surface area contributed by atoms with Gasteiger partial charge in [-0.1, -0.05) is 20.8 Å². The van der Waals surface area contributed by atoms with Crippen LogP contribution in [0.5, 0.6) is 11.5 Å². The van der Waals surface area contributed by atoms with Gasteiger partial charge in [-0.2, -0.15) is 0 Å². The van der Waals surface area contributed by atoms with Gasteiger partial charge in [-0.25, -0.2) is 0 Å². The normalized spacial score (nSPS) is 15.2. The number of aromatic nitrogens is 3. The molecule has 0 saturated carbocycles. The van der Waals surface area contributed by atoms with Crippen molar-refractivity contribution in [1.29, 1.82) is 0 Å². The molecule has 52 heavy (non-hydrogen) atoms. The summed E-state index contributed by atoms with van der Waals surface area (Å²) in [4.78, 5) is 7.18. The molecule has 0 fully saturated rings. The van der Waals surface area contributed by atoms with Crippen molar-refractivity contribution in [3.05, 3.63) is 129 Å². The van der Waals surface area contributed by atoms with Gasteiger partial charge >= 0.3 is 278 Å². The molecule has 1 aliphatic rings. The monoisotopic (exact) mass is 869 g/mol. The number of imidazole rings is 1. The predicted octanol–water partition coefficient (Wildman–Crippen LogP) is 11.7. The molecule has 0 saturated heterocycles. The van der Waals surface area contributed by atoms with Crippen molar-refractivity contribution in [1.82, 2.24) is 14.1 Å². The fourth-order valence-electron chi connectivity index (χ4n) is 6.99. The molecule has 1 unspecified atom stereocenters. The number of fused-ring (bicyclic) bond motifs is 2. The third-order valence-electron chi connectivity index (χ3n) is 10.2. The van der Waals surface area contributed by atoms with E-state index in [9.17, 15) is 0 Å². The van der Waals surface area contributed by atoms with Crippen LogP contribution in [-0.4, -0.2) is 20.2 Å². The molecule has 4 aromatic carbocycles. The summed E-state index contributed by atoms with van der Waals surface area (Å²) in [5.41, 5.74) is 10.3. The van der Waals surface area contributed by atoms with Crippen LogP contribution in [0.2, 0.25) is 0 Å². The van der Waals surface area contributed by atoms with Crippen LogP contribution in [0.15, 0.2) is 91.1 Å². The van der Waals surface area contributed by atoms with Crippen LogP contribution in [0.4, 0.5) is 11.5 Å². The summed E-state index contributed by atoms with van der Waals surface area (Å²) in [6.45, 7) is 22.5. The standard InChI is InChI=1S/C46H50N4O.Pt/c1-31-15-16-32-17-22-38(29-42(32)50(31)43-27-34(23-24-47-43)45(5,6)7)51-39-26-35(46(8,9)10)25-37(28-39)49-30-48(40-13-11-12-14-41(40)49)36-20-18-33(19-21-36)44(2,3)4;/h11-14,17-27,31H,15-16H2,1-10H3;/q-2;. The van der Waals surface area contributed by atoms with Crippen molar-refractivity contribution in [3.63, 3.8) is 0 Å². The number of benzene rings is 4. The van der Waals surface area contributed by atoms with Gasteiger partial charge in [-0.05, 0) is 17.0 Å². The number of ether oxygens (including phenoxy) is 1. The molecular formula is C46H50N4OPt-2. The van der Waals surface area contributed by atoms with Gasteiger partial charge in [0.05, 0.1) is 0 Å². The minimum Gasteiger partial charge on any atom is -0.0561 e. The van der Waals surface area contributed by atoms with E-state index in [2.05, 4.69) is 194 Å². The molecule has 0 N–H and O–H groups in total. The van der Waals surface area contributed by atoms with Crippen LogP contribution in [0.3, 0.4) is 0 Å². The molecule has 272 valence electrons. The molecule has 6 aromatic rings. The first-order valence-electron chi connectivity index (χ1n) is 18.3. The van der Waals surface area contributed by atoms with Crippen molar-refractivity contribution in [2.45, 2.75) is 104 Å². The average molecular weight is 870 g/mol. The smallest absolute Gasteiger partial charge is 0.0561 e. The zero-order valence-electron chi connectivity index (χ0n) is 32.2. The third-order valence-corrected chi connectivity index (χ3v) is 11.2. The van der Waals surface area contributed by atoms with Crippen LogP contribution >= 0.6 is 0 Å². The van der Waals surface area contributed by atoms with E-state index in [-0.39, 0.29) is 22.3 Å². The number of nitrogens with zero attached hydrogens (tertiary/aromatic N) is 4. The van der Waals surface area contributed by atoms with Crippen LogP contribution in [0.1, 0.15) is 97.9 Å². The summed E-state index contributed by atoms with van der Waals surface area (Å²) in [6, 6.07) is 38.2. The number of anilines is 2. The van der Waals surface area contributed by atoms with E-state index in [1.807, 2.05) is 12.3 Å². The third kappa shape index (κ3) is 6.97. The molecule has 3 heterocycles. The van der Waals surface area contributed by atoms with Crippen LogP contribution in [0, 0.1) is 15.9 Å². The number of para-hydroxylation sites is 2.